The molecule has 1 heterocycles. The first-order valence-electron chi connectivity index (χ1n) is 7.46. The lowest BCUT2D eigenvalue weighted by Crippen LogP contribution is -2.47. The SMILES string of the molecule is CCOC(=O)C1=C(C)N(C)C(=O)N(C)C1c1ccccc1N=[N+]=[N-]. The van der Waals surface area contributed by atoms with E-state index >= 15 is 0 Å². The maximum atomic E-state index is 12.5. The van der Waals surface area contributed by atoms with Crippen LogP contribution in [-0.4, -0.2) is 42.5 Å². The van der Waals surface area contributed by atoms with Crippen LogP contribution in [0.15, 0.2) is 40.6 Å². The van der Waals surface area contributed by atoms with Crippen molar-refractivity contribution >= 4 is 17.7 Å². The second-order valence-electron chi connectivity index (χ2n) is 5.32. The highest BCUT2D eigenvalue weighted by molar-refractivity contribution is 5.95. The quantitative estimate of drug-likeness (QED) is 0.366. The summed E-state index contributed by atoms with van der Waals surface area (Å²) in [6, 6.07) is 5.92. The van der Waals surface area contributed by atoms with E-state index in [1.54, 1.807) is 52.2 Å². The van der Waals surface area contributed by atoms with Crippen molar-refractivity contribution in [3.05, 3.63) is 51.5 Å². The van der Waals surface area contributed by atoms with E-state index < -0.39 is 12.0 Å². The van der Waals surface area contributed by atoms with Crippen LogP contribution in [0.25, 0.3) is 10.4 Å². The summed E-state index contributed by atoms with van der Waals surface area (Å²) in [6.45, 7) is 3.64. The highest BCUT2D eigenvalue weighted by atomic mass is 16.5. The number of carbonyl (C=O) groups is 2. The van der Waals surface area contributed by atoms with Gasteiger partial charge in [-0.1, -0.05) is 29.4 Å². The zero-order chi connectivity index (χ0) is 17.9. The molecular formula is C16H19N5O3. The number of amides is 2. The molecule has 0 fully saturated rings. The minimum atomic E-state index is -0.686. The predicted octanol–water partition coefficient (Wildman–Crippen LogP) is 3.50. The number of likely N-dealkylation sites (N-methyl/N-ethyl adjacent to an activating group) is 1. The van der Waals surface area contributed by atoms with Crippen molar-refractivity contribution in [2.45, 2.75) is 19.9 Å². The molecule has 24 heavy (non-hydrogen) atoms. The number of rotatable bonds is 4. The van der Waals surface area contributed by atoms with Gasteiger partial charge in [-0.15, -0.1) is 0 Å². The molecule has 0 aromatic heterocycles. The Bertz CT molecular complexity index is 752. The van der Waals surface area contributed by atoms with Gasteiger partial charge in [-0.25, -0.2) is 9.59 Å². The van der Waals surface area contributed by atoms with E-state index in [2.05, 4.69) is 10.0 Å². The number of carbonyl (C=O) groups excluding carboxylic acids is 2. The lowest BCUT2D eigenvalue weighted by molar-refractivity contribution is -0.139. The third-order valence-corrected chi connectivity index (χ3v) is 4.02. The van der Waals surface area contributed by atoms with E-state index in [1.807, 2.05) is 0 Å². The van der Waals surface area contributed by atoms with Crippen molar-refractivity contribution in [2.75, 3.05) is 20.7 Å². The Morgan fingerprint density at radius 2 is 2.04 bits per heavy atom. The summed E-state index contributed by atoms with van der Waals surface area (Å²) in [5, 5.41) is 3.68. The van der Waals surface area contributed by atoms with Crippen molar-refractivity contribution < 1.29 is 14.3 Å². The van der Waals surface area contributed by atoms with Crippen LogP contribution in [0.3, 0.4) is 0 Å². The molecule has 0 saturated heterocycles. The summed E-state index contributed by atoms with van der Waals surface area (Å²) >= 11 is 0. The molecule has 1 aromatic rings. The molecule has 8 nitrogen and oxygen atoms in total. The number of urea groups is 1. The molecule has 1 atom stereocenters. The zero-order valence-electron chi connectivity index (χ0n) is 14.1. The van der Waals surface area contributed by atoms with Crippen LogP contribution in [0.2, 0.25) is 0 Å². The number of allylic oxidation sites excluding steroid dienone is 1. The molecule has 0 aliphatic carbocycles. The first-order chi connectivity index (χ1) is 11.4. The second-order valence-corrected chi connectivity index (χ2v) is 5.32. The molecule has 8 heteroatoms. The van der Waals surface area contributed by atoms with Crippen molar-refractivity contribution in [3.8, 4) is 0 Å². The first-order valence-corrected chi connectivity index (χ1v) is 7.46. The fourth-order valence-corrected chi connectivity index (χ4v) is 2.75. The van der Waals surface area contributed by atoms with Gasteiger partial charge in [0, 0.05) is 30.4 Å². The monoisotopic (exact) mass is 329 g/mol. The highest BCUT2D eigenvalue weighted by Gasteiger charge is 2.39. The molecule has 0 radical (unpaired) electrons. The molecule has 0 saturated carbocycles. The molecule has 2 rings (SSSR count). The van der Waals surface area contributed by atoms with Crippen LogP contribution < -0.4 is 0 Å². The minimum absolute atomic E-state index is 0.224. The van der Waals surface area contributed by atoms with Crippen LogP contribution in [0.4, 0.5) is 10.5 Å². The van der Waals surface area contributed by atoms with Crippen LogP contribution in [-0.2, 0) is 9.53 Å². The number of ether oxygens (including phenoxy) is 1. The van der Waals surface area contributed by atoms with Crippen molar-refractivity contribution in [3.63, 3.8) is 0 Å². The molecule has 1 unspecified atom stereocenters. The number of benzene rings is 1. The van der Waals surface area contributed by atoms with Gasteiger partial charge in [0.05, 0.1) is 18.2 Å². The maximum absolute atomic E-state index is 12.5. The smallest absolute Gasteiger partial charge is 0.338 e. The topological polar surface area (TPSA) is 98.6 Å². The molecule has 0 spiro atoms. The fourth-order valence-electron chi connectivity index (χ4n) is 2.75. The first kappa shape index (κ1) is 17.4. The number of azide groups is 1. The molecular weight excluding hydrogens is 310 g/mol. The summed E-state index contributed by atoms with van der Waals surface area (Å²) in [5.74, 6) is -0.498. The van der Waals surface area contributed by atoms with E-state index in [0.29, 0.717) is 22.5 Å². The number of nitrogens with zero attached hydrogens (tertiary/aromatic N) is 5. The Morgan fingerprint density at radius 1 is 1.38 bits per heavy atom. The van der Waals surface area contributed by atoms with Crippen molar-refractivity contribution in [1.82, 2.24) is 9.80 Å². The van der Waals surface area contributed by atoms with E-state index in [4.69, 9.17) is 10.3 Å². The van der Waals surface area contributed by atoms with Gasteiger partial charge >= 0.3 is 12.0 Å². The van der Waals surface area contributed by atoms with Crippen molar-refractivity contribution in [1.29, 1.82) is 0 Å². The van der Waals surface area contributed by atoms with Crippen LogP contribution in [0, 0.1) is 0 Å². The maximum Gasteiger partial charge on any atom is 0.338 e. The number of hydrogen-bond acceptors (Lipinski definition) is 4. The van der Waals surface area contributed by atoms with Gasteiger partial charge in [0.25, 0.3) is 0 Å². The highest BCUT2D eigenvalue weighted by Crippen LogP contribution is 2.40. The Hall–Kier alpha value is -2.99. The van der Waals surface area contributed by atoms with E-state index in [1.165, 1.54) is 9.80 Å². The van der Waals surface area contributed by atoms with Gasteiger partial charge < -0.3 is 14.5 Å². The number of hydrogen-bond donors (Lipinski definition) is 0. The number of esters is 1. The van der Waals surface area contributed by atoms with Crippen LogP contribution in [0.1, 0.15) is 25.5 Å². The Morgan fingerprint density at radius 3 is 2.67 bits per heavy atom. The summed E-state index contributed by atoms with van der Waals surface area (Å²) in [7, 11) is 3.20. The average Bonchev–Trinajstić information content (AvgIpc) is 2.57. The Labute approximate surface area is 139 Å². The van der Waals surface area contributed by atoms with Gasteiger partial charge in [0.1, 0.15) is 0 Å². The minimum Gasteiger partial charge on any atom is -0.463 e. The average molecular weight is 329 g/mol. The summed E-state index contributed by atoms with van der Waals surface area (Å²) in [6.07, 6.45) is 0. The summed E-state index contributed by atoms with van der Waals surface area (Å²) < 4.78 is 5.17. The Balaban J connectivity index is 2.70. The molecule has 1 aliphatic heterocycles. The van der Waals surface area contributed by atoms with Crippen LogP contribution in [0.5, 0.6) is 0 Å². The normalized spacial score (nSPS) is 17.7. The zero-order valence-corrected chi connectivity index (χ0v) is 14.1. The Kier molecular flexibility index (Phi) is 5.11. The fraction of sp³-hybridized carbons (Fsp3) is 0.375. The predicted molar refractivity (Wildman–Crippen MR) is 88.2 cm³/mol. The molecule has 0 bridgehead atoms. The molecule has 2 amide bonds. The van der Waals surface area contributed by atoms with E-state index in [9.17, 15) is 9.59 Å². The third-order valence-electron chi connectivity index (χ3n) is 4.02. The van der Waals surface area contributed by atoms with Crippen molar-refractivity contribution in [2.24, 2.45) is 5.11 Å². The van der Waals surface area contributed by atoms with E-state index in [0.717, 1.165) is 0 Å². The molecule has 1 aliphatic rings. The summed E-state index contributed by atoms with van der Waals surface area (Å²) in [5.41, 5.74) is 10.6. The van der Waals surface area contributed by atoms with Gasteiger partial charge in [-0.05, 0) is 24.9 Å². The van der Waals surface area contributed by atoms with E-state index in [-0.39, 0.29) is 12.6 Å². The molecule has 126 valence electrons. The lowest BCUT2D eigenvalue weighted by Gasteiger charge is -2.39. The largest absolute Gasteiger partial charge is 0.463 e. The van der Waals surface area contributed by atoms with Crippen LogP contribution >= 0.6 is 0 Å². The second kappa shape index (κ2) is 7.06. The van der Waals surface area contributed by atoms with Gasteiger partial charge in [0.2, 0.25) is 0 Å². The molecule has 0 N–H and O–H groups in total. The van der Waals surface area contributed by atoms with Gasteiger partial charge in [-0.3, -0.25) is 0 Å². The summed E-state index contributed by atoms with van der Waals surface area (Å²) in [4.78, 5) is 30.6. The third kappa shape index (κ3) is 2.91. The standard InChI is InChI=1S/C16H19N5O3/c1-5-24-15(22)13-10(2)20(3)16(23)21(4)14(13)11-8-6-7-9-12(11)18-19-17/h6-9,14H,5H2,1-4H3. The molecule has 1 aromatic carbocycles. The van der Waals surface area contributed by atoms with Gasteiger partial charge in [-0.2, -0.15) is 0 Å². The van der Waals surface area contributed by atoms with Gasteiger partial charge in [0.15, 0.2) is 0 Å². The lowest BCUT2D eigenvalue weighted by atomic mass is 9.92.